The normalized spacial score (nSPS) is 10.2. The quantitative estimate of drug-likeness (QED) is 0.711. The van der Waals surface area contributed by atoms with Gasteiger partial charge < -0.3 is 5.32 Å². The van der Waals surface area contributed by atoms with E-state index in [0.29, 0.717) is 0 Å². The Balaban J connectivity index is 1.78. The van der Waals surface area contributed by atoms with Crippen molar-refractivity contribution in [1.82, 2.24) is 4.98 Å². The number of nitrogens with zero attached hydrogens (tertiary/aromatic N) is 1. The molecule has 20 heavy (non-hydrogen) atoms. The van der Waals surface area contributed by atoms with Crippen molar-refractivity contribution in [3.63, 3.8) is 0 Å². The Morgan fingerprint density at radius 2 is 1.45 bits per heavy atom. The Morgan fingerprint density at radius 1 is 0.750 bits per heavy atom. The van der Waals surface area contributed by atoms with Crippen LogP contribution >= 0.6 is 15.9 Å². The predicted molar refractivity (Wildman–Crippen MR) is 87.1 cm³/mol. The van der Waals surface area contributed by atoms with E-state index in [4.69, 9.17) is 0 Å². The van der Waals surface area contributed by atoms with E-state index in [1.54, 1.807) is 6.20 Å². The highest BCUT2D eigenvalue weighted by molar-refractivity contribution is 9.10. The third kappa shape index (κ3) is 3.06. The van der Waals surface area contributed by atoms with Crippen LogP contribution in [-0.4, -0.2) is 4.98 Å². The zero-order valence-electron chi connectivity index (χ0n) is 10.8. The van der Waals surface area contributed by atoms with E-state index in [1.165, 1.54) is 11.1 Å². The highest BCUT2D eigenvalue weighted by atomic mass is 79.9. The second-order valence-electron chi connectivity index (χ2n) is 4.43. The van der Waals surface area contributed by atoms with Crippen LogP contribution in [0, 0.1) is 0 Å². The summed E-state index contributed by atoms with van der Waals surface area (Å²) in [6.45, 7) is 0. The van der Waals surface area contributed by atoms with Crippen LogP contribution < -0.4 is 5.32 Å². The van der Waals surface area contributed by atoms with Crippen LogP contribution in [0.15, 0.2) is 77.4 Å². The molecule has 0 aliphatic carbocycles. The fourth-order valence-electron chi connectivity index (χ4n) is 1.97. The van der Waals surface area contributed by atoms with Gasteiger partial charge in [-0.2, -0.15) is 0 Å². The molecule has 0 saturated heterocycles. The molecule has 0 bridgehead atoms. The van der Waals surface area contributed by atoms with Gasteiger partial charge in [-0.15, -0.1) is 0 Å². The van der Waals surface area contributed by atoms with Crippen molar-refractivity contribution in [2.45, 2.75) is 0 Å². The fourth-order valence-corrected chi connectivity index (χ4v) is 2.21. The fraction of sp³-hybridized carbons (Fsp3) is 0. The second-order valence-corrected chi connectivity index (χ2v) is 5.35. The Bertz CT molecular complexity index is 676. The summed E-state index contributed by atoms with van der Waals surface area (Å²) < 4.78 is 0.975. The molecule has 2 nitrogen and oxygen atoms in total. The number of nitrogens with one attached hydrogen (secondary N) is 1. The number of halogens is 1. The van der Waals surface area contributed by atoms with Gasteiger partial charge in [-0.1, -0.05) is 42.5 Å². The Morgan fingerprint density at radius 3 is 2.10 bits per heavy atom. The molecule has 0 fully saturated rings. The van der Waals surface area contributed by atoms with E-state index in [0.717, 1.165) is 16.0 Å². The van der Waals surface area contributed by atoms with Gasteiger partial charge in [-0.25, -0.2) is 4.98 Å². The smallest absolute Gasteiger partial charge is 0.130 e. The minimum absolute atomic E-state index is 0.834. The van der Waals surface area contributed by atoms with Crippen LogP contribution in [0.3, 0.4) is 0 Å². The number of benzene rings is 2. The van der Waals surface area contributed by atoms with E-state index < -0.39 is 0 Å². The maximum absolute atomic E-state index is 4.30. The van der Waals surface area contributed by atoms with E-state index in [-0.39, 0.29) is 0 Å². The average Bonchev–Trinajstić information content (AvgIpc) is 2.51. The van der Waals surface area contributed by atoms with Crippen LogP contribution in [0.2, 0.25) is 0 Å². The molecule has 0 saturated carbocycles. The third-order valence-electron chi connectivity index (χ3n) is 2.99. The molecule has 0 unspecified atom stereocenters. The maximum Gasteiger partial charge on any atom is 0.130 e. The number of aromatic nitrogens is 1. The third-order valence-corrected chi connectivity index (χ3v) is 3.46. The van der Waals surface area contributed by atoms with Crippen LogP contribution in [-0.2, 0) is 0 Å². The summed E-state index contributed by atoms with van der Waals surface area (Å²) in [5.74, 6) is 0.834. The van der Waals surface area contributed by atoms with Gasteiger partial charge in [0.1, 0.15) is 5.82 Å². The first-order chi connectivity index (χ1) is 9.81. The SMILES string of the molecule is Brc1ccc(Nc2ccc(-c3ccccc3)cc2)nc1. The second kappa shape index (κ2) is 5.88. The highest BCUT2D eigenvalue weighted by Gasteiger charge is 1.99. The molecule has 0 aliphatic rings. The first kappa shape index (κ1) is 12.9. The molecule has 1 heterocycles. The lowest BCUT2D eigenvalue weighted by Crippen LogP contribution is -1.92. The molecule has 1 N–H and O–H groups in total. The van der Waals surface area contributed by atoms with E-state index in [9.17, 15) is 0 Å². The van der Waals surface area contributed by atoms with Gasteiger partial charge in [-0.3, -0.25) is 0 Å². The highest BCUT2D eigenvalue weighted by Crippen LogP contribution is 2.22. The molecule has 0 aliphatic heterocycles. The number of hydrogen-bond acceptors (Lipinski definition) is 2. The maximum atomic E-state index is 4.30. The number of anilines is 2. The van der Waals surface area contributed by atoms with E-state index in [1.807, 2.05) is 30.3 Å². The standard InChI is InChI=1S/C17H13BrN2/c18-15-8-11-17(19-12-15)20-16-9-6-14(7-10-16)13-4-2-1-3-5-13/h1-12H,(H,19,20). The van der Waals surface area contributed by atoms with Crippen LogP contribution in [0.5, 0.6) is 0 Å². The summed E-state index contributed by atoms with van der Waals surface area (Å²) in [5.41, 5.74) is 3.46. The van der Waals surface area contributed by atoms with Gasteiger partial charge in [-0.05, 0) is 51.3 Å². The summed E-state index contributed by atoms with van der Waals surface area (Å²) in [5, 5.41) is 3.28. The zero-order chi connectivity index (χ0) is 13.8. The Kier molecular flexibility index (Phi) is 3.79. The molecule has 1 aromatic heterocycles. The predicted octanol–water partition coefficient (Wildman–Crippen LogP) is 5.25. The van der Waals surface area contributed by atoms with Gasteiger partial charge in [0.2, 0.25) is 0 Å². The van der Waals surface area contributed by atoms with E-state index >= 15 is 0 Å². The lowest BCUT2D eigenvalue weighted by molar-refractivity contribution is 1.29. The van der Waals surface area contributed by atoms with Crippen molar-refractivity contribution >= 4 is 27.4 Å². The monoisotopic (exact) mass is 324 g/mol. The molecule has 0 atom stereocenters. The summed E-state index contributed by atoms with van der Waals surface area (Å²) >= 11 is 3.38. The molecule has 0 spiro atoms. The molecule has 3 aromatic rings. The van der Waals surface area contributed by atoms with Crippen LogP contribution in [0.25, 0.3) is 11.1 Å². The summed E-state index contributed by atoms with van der Waals surface area (Å²) in [6.07, 6.45) is 1.78. The van der Waals surface area contributed by atoms with Crippen molar-refractivity contribution in [3.8, 4) is 11.1 Å². The summed E-state index contributed by atoms with van der Waals surface area (Å²) in [4.78, 5) is 4.30. The number of hydrogen-bond donors (Lipinski definition) is 1. The molecule has 0 radical (unpaired) electrons. The topological polar surface area (TPSA) is 24.9 Å². The summed E-state index contributed by atoms with van der Waals surface area (Å²) in [7, 11) is 0. The Labute approximate surface area is 126 Å². The van der Waals surface area contributed by atoms with Crippen molar-refractivity contribution in [2.24, 2.45) is 0 Å². The largest absolute Gasteiger partial charge is 0.340 e. The van der Waals surface area contributed by atoms with E-state index in [2.05, 4.69) is 62.6 Å². The molecule has 2 aromatic carbocycles. The zero-order valence-corrected chi connectivity index (χ0v) is 12.3. The lowest BCUT2D eigenvalue weighted by Gasteiger charge is -2.07. The van der Waals surface area contributed by atoms with Gasteiger partial charge in [0.15, 0.2) is 0 Å². The van der Waals surface area contributed by atoms with Gasteiger partial charge >= 0.3 is 0 Å². The molecule has 3 heteroatoms. The summed E-state index contributed by atoms with van der Waals surface area (Å²) in [6, 6.07) is 22.6. The average molecular weight is 325 g/mol. The van der Waals surface area contributed by atoms with Gasteiger partial charge in [0, 0.05) is 16.4 Å². The molecular weight excluding hydrogens is 312 g/mol. The number of rotatable bonds is 3. The van der Waals surface area contributed by atoms with Gasteiger partial charge in [0.05, 0.1) is 0 Å². The minimum Gasteiger partial charge on any atom is -0.340 e. The molecule has 3 rings (SSSR count). The van der Waals surface area contributed by atoms with Crippen molar-refractivity contribution in [2.75, 3.05) is 5.32 Å². The first-order valence-electron chi connectivity index (χ1n) is 6.35. The van der Waals surface area contributed by atoms with Gasteiger partial charge in [0.25, 0.3) is 0 Å². The lowest BCUT2D eigenvalue weighted by atomic mass is 10.1. The van der Waals surface area contributed by atoms with Crippen LogP contribution in [0.4, 0.5) is 11.5 Å². The number of pyridine rings is 1. The molecule has 98 valence electrons. The van der Waals surface area contributed by atoms with Crippen molar-refractivity contribution in [1.29, 1.82) is 0 Å². The van der Waals surface area contributed by atoms with Crippen molar-refractivity contribution in [3.05, 3.63) is 77.4 Å². The molecular formula is C17H13BrN2. The minimum atomic E-state index is 0.834. The van der Waals surface area contributed by atoms with Crippen molar-refractivity contribution < 1.29 is 0 Å². The molecule has 0 amide bonds. The van der Waals surface area contributed by atoms with Crippen LogP contribution in [0.1, 0.15) is 0 Å². The Hall–Kier alpha value is -2.13. The first-order valence-corrected chi connectivity index (χ1v) is 7.15.